The number of aryl methyl sites for hydroxylation is 2. The van der Waals surface area contributed by atoms with Crippen LogP contribution in [0.3, 0.4) is 0 Å². The SMILES string of the molecule is COc1ccc(OC)c(-c2nnc(NC(=O)Cc3ccc(C)c(C)c3)o2)c1. The first-order valence-corrected chi connectivity index (χ1v) is 8.42. The standard InChI is InChI=1S/C20H21N3O4/c1-12-5-6-14(9-13(12)2)10-18(24)21-20-23-22-19(27-20)16-11-15(25-3)7-8-17(16)26-4/h5-9,11H,10H2,1-4H3,(H,21,23,24). The van der Waals surface area contributed by atoms with E-state index in [1.165, 1.54) is 5.56 Å². The zero-order valence-corrected chi connectivity index (χ0v) is 15.7. The summed E-state index contributed by atoms with van der Waals surface area (Å²) >= 11 is 0. The Morgan fingerprint density at radius 1 is 1.04 bits per heavy atom. The molecule has 3 rings (SSSR count). The number of nitrogens with zero attached hydrogens (tertiary/aromatic N) is 2. The molecule has 3 aromatic rings. The van der Waals surface area contributed by atoms with Gasteiger partial charge in [0.1, 0.15) is 11.5 Å². The summed E-state index contributed by atoms with van der Waals surface area (Å²) < 4.78 is 16.1. The van der Waals surface area contributed by atoms with Crippen LogP contribution < -0.4 is 14.8 Å². The van der Waals surface area contributed by atoms with Crippen LogP contribution in [0.1, 0.15) is 16.7 Å². The minimum Gasteiger partial charge on any atom is -0.497 e. The van der Waals surface area contributed by atoms with Gasteiger partial charge in [-0.05, 0) is 48.7 Å². The number of rotatable bonds is 6. The smallest absolute Gasteiger partial charge is 0.322 e. The highest BCUT2D eigenvalue weighted by atomic mass is 16.5. The van der Waals surface area contributed by atoms with Gasteiger partial charge in [0.2, 0.25) is 5.91 Å². The summed E-state index contributed by atoms with van der Waals surface area (Å²) in [6, 6.07) is 11.2. The van der Waals surface area contributed by atoms with Crippen molar-refractivity contribution in [3.63, 3.8) is 0 Å². The van der Waals surface area contributed by atoms with Gasteiger partial charge >= 0.3 is 6.01 Å². The van der Waals surface area contributed by atoms with E-state index in [2.05, 4.69) is 15.5 Å². The monoisotopic (exact) mass is 367 g/mol. The fourth-order valence-electron chi connectivity index (χ4n) is 2.63. The highest BCUT2D eigenvalue weighted by molar-refractivity contribution is 5.90. The summed E-state index contributed by atoms with van der Waals surface area (Å²) in [6.07, 6.45) is 0.224. The second-order valence-corrected chi connectivity index (χ2v) is 6.12. The molecule has 0 bridgehead atoms. The van der Waals surface area contributed by atoms with E-state index in [1.807, 2.05) is 32.0 Å². The molecule has 0 atom stereocenters. The molecule has 0 aliphatic rings. The molecule has 0 fully saturated rings. The van der Waals surface area contributed by atoms with Crippen molar-refractivity contribution in [2.75, 3.05) is 19.5 Å². The van der Waals surface area contributed by atoms with Crippen LogP contribution in [0.4, 0.5) is 6.01 Å². The Hall–Kier alpha value is -3.35. The van der Waals surface area contributed by atoms with Gasteiger partial charge in [0.15, 0.2) is 0 Å². The van der Waals surface area contributed by atoms with Crippen molar-refractivity contribution in [1.29, 1.82) is 0 Å². The Morgan fingerprint density at radius 2 is 1.85 bits per heavy atom. The Morgan fingerprint density at radius 3 is 2.56 bits per heavy atom. The molecule has 0 radical (unpaired) electrons. The molecule has 1 heterocycles. The predicted molar refractivity (Wildman–Crippen MR) is 101 cm³/mol. The molecule has 0 spiro atoms. The van der Waals surface area contributed by atoms with Gasteiger partial charge in [0.25, 0.3) is 5.89 Å². The van der Waals surface area contributed by atoms with Crippen molar-refractivity contribution < 1.29 is 18.7 Å². The van der Waals surface area contributed by atoms with Crippen LogP contribution in [0.15, 0.2) is 40.8 Å². The summed E-state index contributed by atoms with van der Waals surface area (Å²) in [7, 11) is 3.12. The number of benzene rings is 2. The van der Waals surface area contributed by atoms with E-state index in [-0.39, 0.29) is 24.2 Å². The number of carbonyl (C=O) groups is 1. The zero-order chi connectivity index (χ0) is 19.4. The summed E-state index contributed by atoms with van der Waals surface area (Å²) in [5.74, 6) is 1.19. The highest BCUT2D eigenvalue weighted by Crippen LogP contribution is 2.33. The van der Waals surface area contributed by atoms with Gasteiger partial charge in [-0.25, -0.2) is 0 Å². The first-order chi connectivity index (χ1) is 13.0. The second kappa shape index (κ2) is 7.90. The number of carbonyl (C=O) groups excluding carboxylic acids is 1. The number of hydrogen-bond acceptors (Lipinski definition) is 6. The van der Waals surface area contributed by atoms with Crippen molar-refractivity contribution in [3.05, 3.63) is 53.1 Å². The molecule has 0 saturated heterocycles. The van der Waals surface area contributed by atoms with Crippen LogP contribution in [0.2, 0.25) is 0 Å². The van der Waals surface area contributed by atoms with Crippen LogP contribution >= 0.6 is 0 Å². The molecular formula is C20H21N3O4. The molecule has 0 saturated carbocycles. The van der Waals surface area contributed by atoms with E-state index >= 15 is 0 Å². The number of methoxy groups -OCH3 is 2. The molecule has 1 amide bonds. The first-order valence-electron chi connectivity index (χ1n) is 8.42. The van der Waals surface area contributed by atoms with E-state index in [9.17, 15) is 4.79 Å². The quantitative estimate of drug-likeness (QED) is 0.717. The highest BCUT2D eigenvalue weighted by Gasteiger charge is 2.16. The van der Waals surface area contributed by atoms with E-state index < -0.39 is 0 Å². The largest absolute Gasteiger partial charge is 0.497 e. The normalized spacial score (nSPS) is 10.5. The Bertz CT molecular complexity index is 966. The summed E-state index contributed by atoms with van der Waals surface area (Å²) in [5.41, 5.74) is 3.84. The zero-order valence-electron chi connectivity index (χ0n) is 15.7. The van der Waals surface area contributed by atoms with E-state index in [0.717, 1.165) is 11.1 Å². The fourth-order valence-corrected chi connectivity index (χ4v) is 2.63. The Kier molecular flexibility index (Phi) is 5.40. The van der Waals surface area contributed by atoms with Crippen molar-refractivity contribution in [2.24, 2.45) is 0 Å². The number of anilines is 1. The number of ether oxygens (including phenoxy) is 2. The van der Waals surface area contributed by atoms with E-state index in [1.54, 1.807) is 32.4 Å². The molecule has 27 heavy (non-hydrogen) atoms. The Labute approximate surface area is 157 Å². The third-order valence-corrected chi connectivity index (χ3v) is 4.24. The number of amides is 1. The predicted octanol–water partition coefficient (Wildman–Crippen LogP) is 3.55. The molecular weight excluding hydrogens is 346 g/mol. The minimum absolute atomic E-state index is 0.0312. The van der Waals surface area contributed by atoms with Gasteiger partial charge < -0.3 is 13.9 Å². The summed E-state index contributed by atoms with van der Waals surface area (Å²) in [6.45, 7) is 4.05. The van der Waals surface area contributed by atoms with Crippen LogP contribution in [0.5, 0.6) is 11.5 Å². The third kappa shape index (κ3) is 4.25. The molecule has 1 aromatic heterocycles. The van der Waals surface area contributed by atoms with Crippen molar-refractivity contribution in [3.8, 4) is 23.0 Å². The average Bonchev–Trinajstić information content (AvgIpc) is 3.12. The maximum atomic E-state index is 12.3. The van der Waals surface area contributed by atoms with Crippen LogP contribution in [0, 0.1) is 13.8 Å². The van der Waals surface area contributed by atoms with Crippen molar-refractivity contribution in [2.45, 2.75) is 20.3 Å². The molecule has 7 nitrogen and oxygen atoms in total. The third-order valence-electron chi connectivity index (χ3n) is 4.24. The Balaban J connectivity index is 1.74. The lowest BCUT2D eigenvalue weighted by atomic mass is 10.0. The van der Waals surface area contributed by atoms with E-state index in [4.69, 9.17) is 13.9 Å². The lowest BCUT2D eigenvalue weighted by molar-refractivity contribution is -0.115. The molecule has 7 heteroatoms. The number of aromatic nitrogens is 2. The first kappa shape index (κ1) is 18.4. The minimum atomic E-state index is -0.230. The lowest BCUT2D eigenvalue weighted by Crippen LogP contribution is -2.14. The van der Waals surface area contributed by atoms with Crippen molar-refractivity contribution in [1.82, 2.24) is 10.2 Å². The van der Waals surface area contributed by atoms with Crippen molar-refractivity contribution >= 4 is 11.9 Å². The van der Waals surface area contributed by atoms with Gasteiger partial charge in [-0.15, -0.1) is 5.10 Å². The van der Waals surface area contributed by atoms with Gasteiger partial charge in [-0.1, -0.05) is 23.3 Å². The topological polar surface area (TPSA) is 86.5 Å². The maximum Gasteiger partial charge on any atom is 0.322 e. The molecule has 140 valence electrons. The van der Waals surface area contributed by atoms with Gasteiger partial charge in [-0.2, -0.15) is 0 Å². The lowest BCUT2D eigenvalue weighted by Gasteiger charge is -2.07. The number of nitrogens with one attached hydrogen (secondary N) is 1. The van der Waals surface area contributed by atoms with Gasteiger partial charge in [0, 0.05) is 0 Å². The van der Waals surface area contributed by atoms with Gasteiger partial charge in [-0.3, -0.25) is 10.1 Å². The molecule has 0 aliphatic carbocycles. The van der Waals surface area contributed by atoms with Gasteiger partial charge in [0.05, 0.1) is 26.2 Å². The van der Waals surface area contributed by atoms with Crippen LogP contribution in [0.25, 0.3) is 11.5 Å². The average molecular weight is 367 g/mol. The van der Waals surface area contributed by atoms with Crippen LogP contribution in [-0.2, 0) is 11.2 Å². The maximum absolute atomic E-state index is 12.3. The van der Waals surface area contributed by atoms with E-state index in [0.29, 0.717) is 17.1 Å². The summed E-state index contributed by atoms with van der Waals surface area (Å²) in [4.78, 5) is 12.3. The fraction of sp³-hybridized carbons (Fsp3) is 0.250. The summed E-state index contributed by atoms with van der Waals surface area (Å²) in [5, 5.41) is 10.5. The molecule has 1 N–H and O–H groups in total. The van der Waals surface area contributed by atoms with Crippen LogP contribution in [-0.4, -0.2) is 30.3 Å². The molecule has 2 aromatic carbocycles. The molecule has 0 aliphatic heterocycles. The molecule has 0 unspecified atom stereocenters. The number of hydrogen-bond donors (Lipinski definition) is 1. The second-order valence-electron chi connectivity index (χ2n) is 6.12.